The van der Waals surface area contributed by atoms with Gasteiger partial charge >= 0.3 is 6.18 Å². The molecule has 7 nitrogen and oxygen atoms in total. The minimum absolute atomic E-state index is 0.0222. The number of carbonyl (C=O) groups excluding carboxylic acids is 3. The van der Waals surface area contributed by atoms with Crippen LogP contribution in [-0.4, -0.2) is 23.3 Å². The number of nitrogens with zero attached hydrogens (tertiary/aromatic N) is 2. The molecule has 0 aliphatic rings. The number of carbonyl (C=O) groups is 3. The second kappa shape index (κ2) is 11.4. The van der Waals surface area contributed by atoms with E-state index in [1.165, 1.54) is 12.1 Å². The van der Waals surface area contributed by atoms with Gasteiger partial charge in [-0.15, -0.1) is 0 Å². The Labute approximate surface area is 181 Å². The summed E-state index contributed by atoms with van der Waals surface area (Å²) in [5, 5.41) is 14.8. The summed E-state index contributed by atoms with van der Waals surface area (Å²) in [6, 6.07) is 14.2. The number of halogens is 3. The van der Waals surface area contributed by atoms with Gasteiger partial charge in [-0.05, 0) is 24.6 Å². The van der Waals surface area contributed by atoms with Crippen LogP contribution >= 0.6 is 0 Å². The summed E-state index contributed by atoms with van der Waals surface area (Å²) in [5.74, 6) is -1.56. The largest absolute Gasteiger partial charge is 0.416 e. The van der Waals surface area contributed by atoms with E-state index >= 15 is 0 Å². The number of anilines is 1. The van der Waals surface area contributed by atoms with E-state index in [9.17, 15) is 27.6 Å². The molecule has 0 bridgehead atoms. The van der Waals surface area contributed by atoms with Gasteiger partial charge in [0.2, 0.25) is 5.91 Å². The molecule has 0 aliphatic heterocycles. The van der Waals surface area contributed by atoms with Crippen molar-refractivity contribution < 1.29 is 27.6 Å². The predicted octanol–water partition coefficient (Wildman–Crippen LogP) is 4.08. The molecule has 0 heterocycles. The van der Waals surface area contributed by atoms with E-state index in [1.54, 1.807) is 36.4 Å². The Kier molecular flexibility index (Phi) is 8.65. The lowest BCUT2D eigenvalue weighted by Crippen LogP contribution is -2.21. The monoisotopic (exact) mass is 444 g/mol. The second-order valence-electron chi connectivity index (χ2n) is 6.64. The average molecular weight is 444 g/mol. The number of amides is 2. The Morgan fingerprint density at radius 2 is 1.69 bits per heavy atom. The first-order chi connectivity index (χ1) is 15.2. The number of alkyl halides is 3. The standard InChI is InChI=1S/C22H19F3N4O3/c23-22(24,25)16-7-4-8-17(13-16)27-20(31)10-9-18(28-29-21(32)11-12-26)14-19(30)15-5-2-1-3-6-15/h1-8,13H,9-11,14H2,(H,27,31)(H,29,32)/b28-18-. The van der Waals surface area contributed by atoms with Crippen LogP contribution in [0, 0.1) is 11.3 Å². The molecule has 0 fully saturated rings. The zero-order chi connectivity index (χ0) is 23.6. The first kappa shape index (κ1) is 24.3. The fraction of sp³-hybridized carbons (Fsp3) is 0.227. The van der Waals surface area contributed by atoms with Gasteiger partial charge in [-0.2, -0.15) is 23.5 Å². The van der Waals surface area contributed by atoms with Gasteiger partial charge in [-0.3, -0.25) is 14.4 Å². The highest BCUT2D eigenvalue weighted by atomic mass is 19.4. The van der Waals surface area contributed by atoms with E-state index in [-0.39, 0.29) is 36.4 Å². The van der Waals surface area contributed by atoms with Crippen LogP contribution in [0.2, 0.25) is 0 Å². The fourth-order valence-electron chi connectivity index (χ4n) is 2.60. The number of nitrogens with one attached hydrogen (secondary N) is 2. The summed E-state index contributed by atoms with van der Waals surface area (Å²) in [6.07, 6.45) is -5.38. The summed E-state index contributed by atoms with van der Waals surface area (Å²) in [4.78, 5) is 36.1. The third-order valence-electron chi connectivity index (χ3n) is 4.15. The van der Waals surface area contributed by atoms with E-state index in [0.29, 0.717) is 5.56 Å². The molecule has 0 saturated carbocycles. The van der Waals surface area contributed by atoms with Gasteiger partial charge in [0.15, 0.2) is 5.78 Å². The van der Waals surface area contributed by atoms with Crippen molar-refractivity contribution >= 4 is 29.0 Å². The highest BCUT2D eigenvalue weighted by Gasteiger charge is 2.30. The number of Topliss-reactive ketones (excluding diaryl/α,β-unsaturated/α-hetero) is 1. The van der Waals surface area contributed by atoms with Gasteiger partial charge in [-0.25, -0.2) is 5.43 Å². The second-order valence-corrected chi connectivity index (χ2v) is 6.64. The van der Waals surface area contributed by atoms with Crippen LogP contribution in [0.1, 0.15) is 41.6 Å². The number of benzene rings is 2. The lowest BCUT2D eigenvalue weighted by Gasteiger charge is -2.10. The maximum absolute atomic E-state index is 12.8. The molecule has 2 aromatic rings. The Hall–Kier alpha value is -4.00. The molecule has 0 radical (unpaired) electrons. The Morgan fingerprint density at radius 1 is 0.969 bits per heavy atom. The van der Waals surface area contributed by atoms with Crippen molar-refractivity contribution in [3.63, 3.8) is 0 Å². The van der Waals surface area contributed by atoms with Crippen LogP contribution in [0.5, 0.6) is 0 Å². The van der Waals surface area contributed by atoms with Crippen molar-refractivity contribution in [1.29, 1.82) is 5.26 Å². The molecule has 166 valence electrons. The van der Waals surface area contributed by atoms with Crippen LogP contribution in [-0.2, 0) is 15.8 Å². The zero-order valence-corrected chi connectivity index (χ0v) is 16.8. The van der Waals surface area contributed by atoms with Crippen molar-refractivity contribution in [1.82, 2.24) is 5.43 Å². The van der Waals surface area contributed by atoms with Crippen molar-refractivity contribution in [3.05, 3.63) is 65.7 Å². The van der Waals surface area contributed by atoms with Gasteiger partial charge in [0.25, 0.3) is 5.91 Å². The maximum atomic E-state index is 12.8. The van der Waals surface area contributed by atoms with Crippen LogP contribution in [0.4, 0.5) is 18.9 Å². The van der Waals surface area contributed by atoms with Gasteiger partial charge in [0.1, 0.15) is 6.42 Å². The lowest BCUT2D eigenvalue weighted by molar-refractivity contribution is -0.137. The number of rotatable bonds is 9. The molecule has 2 N–H and O–H groups in total. The molecule has 32 heavy (non-hydrogen) atoms. The van der Waals surface area contributed by atoms with Gasteiger partial charge in [0, 0.05) is 23.4 Å². The molecule has 2 rings (SSSR count). The number of nitriles is 1. The van der Waals surface area contributed by atoms with Crippen molar-refractivity contribution in [2.24, 2.45) is 5.10 Å². The quantitative estimate of drug-likeness (QED) is 0.345. The molecule has 2 aromatic carbocycles. The van der Waals surface area contributed by atoms with Crippen LogP contribution in [0.15, 0.2) is 59.7 Å². The minimum atomic E-state index is -4.54. The molecule has 0 spiro atoms. The molecule has 0 aromatic heterocycles. The molecular weight excluding hydrogens is 425 g/mol. The highest BCUT2D eigenvalue weighted by Crippen LogP contribution is 2.30. The number of hydrogen-bond acceptors (Lipinski definition) is 5. The Balaban J connectivity index is 2.04. The van der Waals surface area contributed by atoms with Gasteiger partial charge < -0.3 is 5.32 Å². The maximum Gasteiger partial charge on any atom is 0.416 e. The lowest BCUT2D eigenvalue weighted by atomic mass is 10.0. The summed E-state index contributed by atoms with van der Waals surface area (Å²) in [7, 11) is 0. The topological polar surface area (TPSA) is 111 Å². The van der Waals surface area contributed by atoms with Gasteiger partial charge in [-0.1, -0.05) is 36.4 Å². The first-order valence-corrected chi connectivity index (χ1v) is 9.45. The molecule has 0 aliphatic carbocycles. The number of hydrazone groups is 1. The van der Waals surface area contributed by atoms with Crippen LogP contribution < -0.4 is 10.7 Å². The van der Waals surface area contributed by atoms with E-state index in [0.717, 1.165) is 12.1 Å². The smallest absolute Gasteiger partial charge is 0.326 e. The summed E-state index contributed by atoms with van der Waals surface area (Å²) < 4.78 is 38.4. The Morgan fingerprint density at radius 3 is 2.34 bits per heavy atom. The predicted molar refractivity (Wildman–Crippen MR) is 111 cm³/mol. The first-order valence-electron chi connectivity index (χ1n) is 9.45. The summed E-state index contributed by atoms with van der Waals surface area (Å²) in [5.41, 5.74) is 1.83. The molecule has 0 atom stereocenters. The number of hydrogen-bond donors (Lipinski definition) is 2. The van der Waals surface area contributed by atoms with Gasteiger partial charge in [0.05, 0.1) is 18.1 Å². The number of ketones is 1. The minimum Gasteiger partial charge on any atom is -0.326 e. The Bertz CT molecular complexity index is 1040. The van der Waals surface area contributed by atoms with Crippen molar-refractivity contribution in [2.45, 2.75) is 31.9 Å². The summed E-state index contributed by atoms with van der Waals surface area (Å²) in [6.45, 7) is 0. The molecule has 2 amide bonds. The fourth-order valence-corrected chi connectivity index (χ4v) is 2.60. The van der Waals surface area contributed by atoms with E-state index in [4.69, 9.17) is 5.26 Å². The average Bonchev–Trinajstić information content (AvgIpc) is 2.76. The van der Waals surface area contributed by atoms with E-state index < -0.39 is 30.0 Å². The van der Waals surface area contributed by atoms with E-state index in [1.807, 2.05) is 0 Å². The van der Waals surface area contributed by atoms with Crippen LogP contribution in [0.3, 0.4) is 0 Å². The summed E-state index contributed by atoms with van der Waals surface area (Å²) >= 11 is 0. The normalized spacial score (nSPS) is 11.4. The van der Waals surface area contributed by atoms with E-state index in [2.05, 4.69) is 15.8 Å². The highest BCUT2D eigenvalue weighted by molar-refractivity contribution is 6.10. The van der Waals surface area contributed by atoms with Crippen molar-refractivity contribution in [2.75, 3.05) is 5.32 Å². The van der Waals surface area contributed by atoms with Crippen molar-refractivity contribution in [3.8, 4) is 6.07 Å². The third-order valence-corrected chi connectivity index (χ3v) is 4.15. The molecule has 0 saturated heterocycles. The SMILES string of the molecule is N#CCC(=O)N/N=C(/CCC(=O)Nc1cccc(C(F)(F)F)c1)CC(=O)c1ccccc1. The molecular formula is C22H19F3N4O3. The zero-order valence-electron chi connectivity index (χ0n) is 16.8. The third kappa shape index (κ3) is 8.02. The van der Waals surface area contributed by atoms with Crippen LogP contribution in [0.25, 0.3) is 0 Å². The molecule has 0 unspecified atom stereocenters. The molecule has 10 heteroatoms.